The number of carbonyl (C=O) groups is 2. The second-order valence-corrected chi connectivity index (χ2v) is 4.96. The van der Waals surface area contributed by atoms with Crippen LogP contribution in [0.4, 0.5) is 14.9 Å². The number of hydrogen-bond acceptors (Lipinski definition) is 3. The van der Waals surface area contributed by atoms with Crippen LogP contribution in [0, 0.1) is 5.82 Å². The molecule has 1 aliphatic heterocycles. The van der Waals surface area contributed by atoms with Gasteiger partial charge in [-0.25, -0.2) is 9.18 Å². The van der Waals surface area contributed by atoms with Gasteiger partial charge in [0.05, 0.1) is 6.54 Å². The van der Waals surface area contributed by atoms with Gasteiger partial charge in [-0.05, 0) is 37.1 Å². The number of hydrogen-bond donors (Lipinski definition) is 3. The number of anilines is 1. The van der Waals surface area contributed by atoms with Crippen molar-refractivity contribution in [3.63, 3.8) is 0 Å². The Bertz CT molecular complexity index is 498. The highest BCUT2D eigenvalue weighted by Crippen LogP contribution is 2.11. The number of amides is 3. The fourth-order valence-corrected chi connectivity index (χ4v) is 2.29. The Kier molecular flexibility index (Phi) is 5.10. The standard InChI is InChI=1S/C14H19FN4O2/c15-10-1-3-11(4-2-10)17-14(21)18-12-5-7-19(8-6-12)13(20)9-16/h1-4,12H,5-9,16H2,(H2,17,18,21). The zero-order valence-corrected chi connectivity index (χ0v) is 11.6. The molecule has 1 heterocycles. The van der Waals surface area contributed by atoms with Gasteiger partial charge in [-0.3, -0.25) is 4.79 Å². The van der Waals surface area contributed by atoms with Crippen LogP contribution in [0.2, 0.25) is 0 Å². The second-order valence-electron chi connectivity index (χ2n) is 4.96. The number of nitrogens with zero attached hydrogens (tertiary/aromatic N) is 1. The summed E-state index contributed by atoms with van der Waals surface area (Å²) in [6.45, 7) is 1.21. The molecule has 114 valence electrons. The minimum absolute atomic E-state index is 0.0170. The van der Waals surface area contributed by atoms with Gasteiger partial charge in [0, 0.05) is 24.8 Å². The van der Waals surface area contributed by atoms with Crippen molar-refractivity contribution in [1.82, 2.24) is 10.2 Å². The maximum atomic E-state index is 12.8. The normalized spacial score (nSPS) is 15.6. The van der Waals surface area contributed by atoms with E-state index in [-0.39, 0.29) is 30.3 Å². The molecule has 1 aromatic carbocycles. The molecule has 0 unspecified atom stereocenters. The SMILES string of the molecule is NCC(=O)N1CCC(NC(=O)Nc2ccc(F)cc2)CC1. The number of carbonyl (C=O) groups excluding carboxylic acids is 2. The molecule has 2 rings (SSSR count). The molecular formula is C14H19FN4O2. The van der Waals surface area contributed by atoms with Gasteiger partial charge in [-0.1, -0.05) is 0 Å². The van der Waals surface area contributed by atoms with Crippen molar-refractivity contribution in [3.05, 3.63) is 30.1 Å². The van der Waals surface area contributed by atoms with E-state index in [1.54, 1.807) is 4.90 Å². The summed E-state index contributed by atoms with van der Waals surface area (Å²) in [5.74, 6) is -0.415. The van der Waals surface area contributed by atoms with Gasteiger partial charge in [-0.2, -0.15) is 0 Å². The summed E-state index contributed by atoms with van der Waals surface area (Å²) in [4.78, 5) is 25.0. The van der Waals surface area contributed by atoms with Gasteiger partial charge < -0.3 is 21.3 Å². The van der Waals surface area contributed by atoms with Crippen molar-refractivity contribution in [2.45, 2.75) is 18.9 Å². The highest BCUT2D eigenvalue weighted by molar-refractivity contribution is 5.89. The Balaban J connectivity index is 1.76. The lowest BCUT2D eigenvalue weighted by Gasteiger charge is -2.32. The van der Waals surface area contributed by atoms with Crippen LogP contribution >= 0.6 is 0 Å². The van der Waals surface area contributed by atoms with E-state index >= 15 is 0 Å². The zero-order valence-electron chi connectivity index (χ0n) is 11.6. The maximum absolute atomic E-state index is 12.8. The monoisotopic (exact) mass is 294 g/mol. The molecule has 0 atom stereocenters. The lowest BCUT2D eigenvalue weighted by atomic mass is 10.1. The third-order valence-corrected chi connectivity index (χ3v) is 3.46. The lowest BCUT2D eigenvalue weighted by molar-refractivity contribution is -0.130. The number of likely N-dealkylation sites (tertiary alicyclic amines) is 1. The largest absolute Gasteiger partial charge is 0.341 e. The summed E-state index contributed by atoms with van der Waals surface area (Å²) < 4.78 is 12.8. The Morgan fingerprint density at radius 3 is 2.43 bits per heavy atom. The Morgan fingerprint density at radius 2 is 1.86 bits per heavy atom. The molecule has 1 fully saturated rings. The summed E-state index contributed by atoms with van der Waals surface area (Å²) in [7, 11) is 0. The molecular weight excluding hydrogens is 275 g/mol. The van der Waals surface area contributed by atoms with Gasteiger partial charge >= 0.3 is 6.03 Å². The molecule has 0 radical (unpaired) electrons. The number of halogens is 1. The van der Waals surface area contributed by atoms with E-state index < -0.39 is 0 Å². The van der Waals surface area contributed by atoms with E-state index in [1.807, 2.05) is 0 Å². The smallest absolute Gasteiger partial charge is 0.319 e. The summed E-state index contributed by atoms with van der Waals surface area (Å²) in [5, 5.41) is 5.49. The number of piperidine rings is 1. The van der Waals surface area contributed by atoms with Gasteiger partial charge in [-0.15, -0.1) is 0 Å². The number of nitrogens with two attached hydrogens (primary N) is 1. The minimum atomic E-state index is -0.349. The summed E-state index contributed by atoms with van der Waals surface area (Å²) in [6.07, 6.45) is 1.39. The summed E-state index contributed by atoms with van der Waals surface area (Å²) in [6, 6.07) is 5.26. The van der Waals surface area contributed by atoms with Crippen molar-refractivity contribution < 1.29 is 14.0 Å². The first-order chi connectivity index (χ1) is 10.1. The molecule has 0 bridgehead atoms. The fraction of sp³-hybridized carbons (Fsp3) is 0.429. The van der Waals surface area contributed by atoms with Crippen LogP contribution in [-0.4, -0.2) is 42.5 Å². The van der Waals surface area contributed by atoms with E-state index in [9.17, 15) is 14.0 Å². The van der Waals surface area contributed by atoms with E-state index in [0.717, 1.165) is 0 Å². The molecule has 3 amide bonds. The zero-order chi connectivity index (χ0) is 15.2. The fourth-order valence-electron chi connectivity index (χ4n) is 2.29. The van der Waals surface area contributed by atoms with Gasteiger partial charge in [0.1, 0.15) is 5.82 Å². The molecule has 4 N–H and O–H groups in total. The number of urea groups is 1. The van der Waals surface area contributed by atoms with Crippen molar-refractivity contribution in [2.75, 3.05) is 25.0 Å². The molecule has 7 heteroatoms. The van der Waals surface area contributed by atoms with Crippen molar-refractivity contribution in [1.29, 1.82) is 0 Å². The van der Waals surface area contributed by atoms with Gasteiger partial charge in [0.2, 0.25) is 5.91 Å². The van der Waals surface area contributed by atoms with Crippen LogP contribution in [-0.2, 0) is 4.79 Å². The molecule has 1 saturated heterocycles. The van der Waals surface area contributed by atoms with Crippen LogP contribution in [0.5, 0.6) is 0 Å². The average Bonchev–Trinajstić information content (AvgIpc) is 2.49. The molecule has 0 aromatic heterocycles. The number of benzene rings is 1. The van der Waals surface area contributed by atoms with Crippen LogP contribution < -0.4 is 16.4 Å². The predicted octanol–water partition coefficient (Wildman–Crippen LogP) is 0.897. The summed E-state index contributed by atoms with van der Waals surface area (Å²) in [5.41, 5.74) is 5.85. The molecule has 21 heavy (non-hydrogen) atoms. The molecule has 0 aliphatic carbocycles. The minimum Gasteiger partial charge on any atom is -0.341 e. The summed E-state index contributed by atoms with van der Waals surface area (Å²) >= 11 is 0. The van der Waals surface area contributed by atoms with Crippen LogP contribution in [0.1, 0.15) is 12.8 Å². The van der Waals surface area contributed by atoms with Crippen LogP contribution in [0.25, 0.3) is 0 Å². The quantitative estimate of drug-likeness (QED) is 0.774. The first-order valence-electron chi connectivity index (χ1n) is 6.89. The van der Waals surface area contributed by atoms with E-state index in [1.165, 1.54) is 24.3 Å². The van der Waals surface area contributed by atoms with Crippen molar-refractivity contribution >= 4 is 17.6 Å². The lowest BCUT2D eigenvalue weighted by Crippen LogP contribution is -2.48. The average molecular weight is 294 g/mol. The highest BCUT2D eigenvalue weighted by atomic mass is 19.1. The van der Waals surface area contributed by atoms with E-state index in [0.29, 0.717) is 31.6 Å². The molecule has 0 saturated carbocycles. The molecule has 1 aromatic rings. The topological polar surface area (TPSA) is 87.5 Å². The third kappa shape index (κ3) is 4.42. The van der Waals surface area contributed by atoms with E-state index in [4.69, 9.17) is 5.73 Å². The third-order valence-electron chi connectivity index (χ3n) is 3.46. The van der Waals surface area contributed by atoms with Crippen LogP contribution in [0.15, 0.2) is 24.3 Å². The number of nitrogens with one attached hydrogen (secondary N) is 2. The molecule has 1 aliphatic rings. The maximum Gasteiger partial charge on any atom is 0.319 e. The van der Waals surface area contributed by atoms with Crippen LogP contribution in [0.3, 0.4) is 0 Å². The second kappa shape index (κ2) is 7.03. The Hall–Kier alpha value is -2.15. The number of rotatable bonds is 3. The Labute approximate surface area is 122 Å². The van der Waals surface area contributed by atoms with Crippen molar-refractivity contribution in [2.24, 2.45) is 5.73 Å². The molecule has 6 nitrogen and oxygen atoms in total. The van der Waals surface area contributed by atoms with Gasteiger partial charge in [0.15, 0.2) is 0 Å². The highest BCUT2D eigenvalue weighted by Gasteiger charge is 2.22. The Morgan fingerprint density at radius 1 is 1.24 bits per heavy atom. The first kappa shape index (κ1) is 15.2. The van der Waals surface area contributed by atoms with Gasteiger partial charge in [0.25, 0.3) is 0 Å². The first-order valence-corrected chi connectivity index (χ1v) is 6.89. The van der Waals surface area contributed by atoms with E-state index in [2.05, 4.69) is 10.6 Å². The van der Waals surface area contributed by atoms with Crippen molar-refractivity contribution in [3.8, 4) is 0 Å². The predicted molar refractivity (Wildman–Crippen MR) is 77.2 cm³/mol. The molecule has 0 spiro atoms.